The first-order chi connectivity index (χ1) is 17.1. The number of hydrogen-bond donors (Lipinski definition) is 0. The van der Waals surface area contributed by atoms with Crippen LogP contribution in [0.25, 0.3) is 43.6 Å². The van der Waals surface area contributed by atoms with E-state index in [0.717, 1.165) is 6.42 Å². The zero-order valence-electron chi connectivity index (χ0n) is 23.4. The van der Waals surface area contributed by atoms with Gasteiger partial charge in [0.15, 0.2) is 0 Å². The van der Waals surface area contributed by atoms with Crippen molar-refractivity contribution in [1.82, 2.24) is 14.1 Å². The SMILES string of the molecule is CCCCCCCCc1cccc2c1c1ccc3c(c4ccncc4n3C(C)(C)C)c1n2C(C)(C)C. The van der Waals surface area contributed by atoms with Gasteiger partial charge in [-0.15, -0.1) is 0 Å². The molecule has 36 heavy (non-hydrogen) atoms. The molecule has 3 aromatic heterocycles. The molecule has 0 fully saturated rings. The second kappa shape index (κ2) is 9.25. The van der Waals surface area contributed by atoms with Gasteiger partial charge in [0.25, 0.3) is 0 Å². The van der Waals surface area contributed by atoms with E-state index in [2.05, 4.69) is 99.0 Å². The molecule has 190 valence electrons. The van der Waals surface area contributed by atoms with Crippen LogP contribution in [0, 0.1) is 0 Å². The van der Waals surface area contributed by atoms with Crippen molar-refractivity contribution >= 4 is 43.6 Å². The van der Waals surface area contributed by atoms with E-state index in [1.807, 2.05) is 12.4 Å². The topological polar surface area (TPSA) is 22.8 Å². The Labute approximate surface area is 216 Å². The fourth-order valence-electron chi connectivity index (χ4n) is 6.30. The highest BCUT2D eigenvalue weighted by atomic mass is 15.1. The van der Waals surface area contributed by atoms with Gasteiger partial charge >= 0.3 is 0 Å². The molecule has 0 spiro atoms. The third-order valence-corrected chi connectivity index (χ3v) is 7.71. The van der Waals surface area contributed by atoms with Crippen molar-refractivity contribution in [3.63, 3.8) is 0 Å². The van der Waals surface area contributed by atoms with Crippen molar-refractivity contribution in [3.05, 3.63) is 54.4 Å². The summed E-state index contributed by atoms with van der Waals surface area (Å²) in [5.74, 6) is 0. The van der Waals surface area contributed by atoms with Crippen LogP contribution in [-0.2, 0) is 17.5 Å². The summed E-state index contributed by atoms with van der Waals surface area (Å²) < 4.78 is 5.09. The standard InChI is InChI=1S/C33H43N3/c1-8-9-10-11-12-13-15-23-16-14-17-26-29(23)25-18-19-27-30(31(25)36(26)33(5,6)7)24-20-21-34-22-28(24)35(27)32(2,3)4/h14,16-22H,8-13,15H2,1-7H3. The lowest BCUT2D eigenvalue weighted by atomic mass is 9.99. The maximum Gasteiger partial charge on any atom is 0.0683 e. The minimum absolute atomic E-state index is 0.0434. The van der Waals surface area contributed by atoms with Crippen molar-refractivity contribution in [3.8, 4) is 0 Å². The summed E-state index contributed by atoms with van der Waals surface area (Å²) in [6.45, 7) is 16.2. The molecule has 3 heteroatoms. The van der Waals surface area contributed by atoms with Crippen LogP contribution < -0.4 is 0 Å². The Morgan fingerprint density at radius 1 is 0.667 bits per heavy atom. The lowest BCUT2D eigenvalue weighted by Gasteiger charge is -2.25. The molecule has 0 radical (unpaired) electrons. The average molecular weight is 482 g/mol. The second-order valence-electron chi connectivity index (χ2n) is 12.6. The van der Waals surface area contributed by atoms with E-state index < -0.39 is 0 Å². The fraction of sp³-hybridized carbons (Fsp3) is 0.485. The fourth-order valence-corrected chi connectivity index (χ4v) is 6.30. The van der Waals surface area contributed by atoms with Gasteiger partial charge in [-0.1, -0.05) is 57.2 Å². The number of hydrogen-bond acceptors (Lipinski definition) is 1. The summed E-state index contributed by atoms with van der Waals surface area (Å²) >= 11 is 0. The van der Waals surface area contributed by atoms with Gasteiger partial charge in [-0.05, 0) is 78.1 Å². The summed E-state index contributed by atoms with van der Waals surface area (Å²) in [5.41, 5.74) is 6.64. The van der Waals surface area contributed by atoms with Gasteiger partial charge in [0.05, 0.1) is 22.7 Å². The molecular formula is C33H43N3. The number of aromatic nitrogens is 3. The number of fused-ring (bicyclic) bond motifs is 7. The van der Waals surface area contributed by atoms with Crippen molar-refractivity contribution in [2.45, 2.75) is 104 Å². The van der Waals surface area contributed by atoms with Crippen molar-refractivity contribution in [2.24, 2.45) is 0 Å². The molecule has 0 amide bonds. The van der Waals surface area contributed by atoms with Crippen LogP contribution in [0.3, 0.4) is 0 Å². The lowest BCUT2D eigenvalue weighted by Crippen LogP contribution is -2.22. The molecule has 0 aliphatic carbocycles. The number of aryl methyl sites for hydroxylation is 1. The van der Waals surface area contributed by atoms with E-state index in [4.69, 9.17) is 0 Å². The highest BCUT2D eigenvalue weighted by molar-refractivity contribution is 6.25. The molecule has 3 heterocycles. The minimum Gasteiger partial charge on any atom is -0.334 e. The predicted molar refractivity (Wildman–Crippen MR) is 157 cm³/mol. The van der Waals surface area contributed by atoms with Crippen LogP contribution in [0.15, 0.2) is 48.8 Å². The summed E-state index contributed by atoms with van der Waals surface area (Å²) in [6, 6.07) is 13.9. The van der Waals surface area contributed by atoms with E-state index in [9.17, 15) is 0 Å². The van der Waals surface area contributed by atoms with Gasteiger partial charge in [-0.3, -0.25) is 4.98 Å². The van der Waals surface area contributed by atoms with Crippen LogP contribution >= 0.6 is 0 Å². The van der Waals surface area contributed by atoms with Crippen LogP contribution in [0.5, 0.6) is 0 Å². The summed E-state index contributed by atoms with van der Waals surface area (Å²) in [5, 5.41) is 5.49. The van der Waals surface area contributed by atoms with Gasteiger partial charge in [0.1, 0.15) is 0 Å². The normalized spacial score (nSPS) is 13.1. The number of unbranched alkanes of at least 4 members (excludes halogenated alkanes) is 5. The summed E-state index contributed by atoms with van der Waals surface area (Å²) in [6.07, 6.45) is 13.1. The first-order valence-corrected chi connectivity index (χ1v) is 14.0. The molecule has 0 unspecified atom stereocenters. The van der Waals surface area contributed by atoms with Gasteiger partial charge in [-0.2, -0.15) is 0 Å². The molecule has 0 bridgehead atoms. The quantitative estimate of drug-likeness (QED) is 0.212. The Bertz CT molecular complexity index is 1530. The van der Waals surface area contributed by atoms with Crippen molar-refractivity contribution in [1.29, 1.82) is 0 Å². The van der Waals surface area contributed by atoms with Crippen molar-refractivity contribution in [2.75, 3.05) is 0 Å². The molecular weight excluding hydrogens is 438 g/mol. The van der Waals surface area contributed by atoms with Gasteiger partial charge in [0, 0.05) is 44.3 Å². The average Bonchev–Trinajstić information content (AvgIpc) is 3.34. The molecule has 2 aromatic carbocycles. The molecule has 3 nitrogen and oxygen atoms in total. The zero-order chi connectivity index (χ0) is 25.7. The number of rotatable bonds is 7. The van der Waals surface area contributed by atoms with E-state index in [1.54, 1.807) is 0 Å². The zero-order valence-corrected chi connectivity index (χ0v) is 23.4. The van der Waals surface area contributed by atoms with Crippen LogP contribution in [-0.4, -0.2) is 14.1 Å². The van der Waals surface area contributed by atoms with Crippen LogP contribution in [0.1, 0.15) is 92.6 Å². The Hall–Kier alpha value is -2.81. The molecule has 0 saturated carbocycles. The summed E-state index contributed by atoms with van der Waals surface area (Å²) in [4.78, 5) is 4.52. The highest BCUT2D eigenvalue weighted by Crippen LogP contribution is 2.44. The molecule has 0 aliphatic heterocycles. The monoisotopic (exact) mass is 481 g/mol. The Balaban J connectivity index is 1.80. The number of pyridine rings is 1. The first-order valence-electron chi connectivity index (χ1n) is 14.0. The van der Waals surface area contributed by atoms with E-state index in [-0.39, 0.29) is 11.1 Å². The third-order valence-electron chi connectivity index (χ3n) is 7.71. The van der Waals surface area contributed by atoms with Crippen LogP contribution in [0.2, 0.25) is 0 Å². The van der Waals surface area contributed by atoms with E-state index in [0.29, 0.717) is 0 Å². The predicted octanol–water partition coefficient (Wildman–Crippen LogP) is 9.71. The van der Waals surface area contributed by atoms with E-state index >= 15 is 0 Å². The lowest BCUT2D eigenvalue weighted by molar-refractivity contribution is 0.422. The Kier molecular flexibility index (Phi) is 6.39. The molecule has 0 atom stereocenters. The molecule has 0 saturated heterocycles. The van der Waals surface area contributed by atoms with Gasteiger partial charge < -0.3 is 9.13 Å². The Morgan fingerprint density at radius 2 is 1.36 bits per heavy atom. The molecule has 0 aliphatic rings. The van der Waals surface area contributed by atoms with Crippen LogP contribution in [0.4, 0.5) is 0 Å². The van der Waals surface area contributed by atoms with E-state index in [1.165, 1.54) is 87.7 Å². The third kappa shape index (κ3) is 4.11. The minimum atomic E-state index is -0.0454. The number of nitrogens with zero attached hydrogens (tertiary/aromatic N) is 3. The highest BCUT2D eigenvalue weighted by Gasteiger charge is 2.27. The smallest absolute Gasteiger partial charge is 0.0683 e. The second-order valence-corrected chi connectivity index (χ2v) is 12.6. The Morgan fingerprint density at radius 3 is 2.08 bits per heavy atom. The largest absolute Gasteiger partial charge is 0.334 e. The maximum absolute atomic E-state index is 4.52. The van der Waals surface area contributed by atoms with Gasteiger partial charge in [0.2, 0.25) is 0 Å². The molecule has 0 N–H and O–H groups in total. The summed E-state index contributed by atoms with van der Waals surface area (Å²) in [7, 11) is 0. The van der Waals surface area contributed by atoms with Crippen molar-refractivity contribution < 1.29 is 0 Å². The van der Waals surface area contributed by atoms with Gasteiger partial charge in [-0.25, -0.2) is 0 Å². The molecule has 5 aromatic rings. The maximum atomic E-state index is 4.52. The molecule has 5 rings (SSSR count). The first kappa shape index (κ1) is 24.9. The number of benzene rings is 2.